The Morgan fingerprint density at radius 1 is 1.28 bits per heavy atom. The number of anilines is 1. The van der Waals surface area contributed by atoms with Gasteiger partial charge in [0.2, 0.25) is 0 Å². The van der Waals surface area contributed by atoms with Gasteiger partial charge in [0.25, 0.3) is 11.1 Å². The molecule has 2 aromatic carbocycles. The second-order valence-corrected chi connectivity index (χ2v) is 7.64. The first-order chi connectivity index (χ1) is 11.9. The van der Waals surface area contributed by atoms with Gasteiger partial charge < -0.3 is 9.84 Å². The molecule has 1 heterocycles. The van der Waals surface area contributed by atoms with E-state index in [9.17, 15) is 14.7 Å². The van der Waals surface area contributed by atoms with Gasteiger partial charge in [0.05, 0.1) is 21.3 Å². The van der Waals surface area contributed by atoms with Crippen LogP contribution in [0.1, 0.15) is 5.56 Å². The Kier molecular flexibility index (Phi) is 5.26. The van der Waals surface area contributed by atoms with E-state index in [1.165, 1.54) is 7.11 Å². The van der Waals surface area contributed by atoms with Crippen LogP contribution in [0.3, 0.4) is 0 Å². The molecule has 5 nitrogen and oxygen atoms in total. The maximum absolute atomic E-state index is 12.6. The van der Waals surface area contributed by atoms with Gasteiger partial charge >= 0.3 is 0 Å². The Morgan fingerprint density at radius 3 is 2.72 bits per heavy atom. The number of amides is 2. The van der Waals surface area contributed by atoms with Gasteiger partial charge in [-0.25, -0.2) is 4.90 Å². The van der Waals surface area contributed by atoms with Gasteiger partial charge in [-0.05, 0) is 76.3 Å². The molecule has 3 rings (SSSR count). The summed E-state index contributed by atoms with van der Waals surface area (Å²) in [6, 6.07) is 9.87. The Morgan fingerprint density at radius 2 is 2.04 bits per heavy atom. The lowest BCUT2D eigenvalue weighted by Crippen LogP contribution is -2.27. The Hall–Kier alpha value is -1.71. The van der Waals surface area contributed by atoms with Gasteiger partial charge in [-0.3, -0.25) is 9.59 Å². The van der Waals surface area contributed by atoms with Crippen molar-refractivity contribution in [2.45, 2.75) is 0 Å². The van der Waals surface area contributed by atoms with E-state index in [0.29, 0.717) is 25.6 Å². The number of halogens is 2. The zero-order chi connectivity index (χ0) is 18.1. The van der Waals surface area contributed by atoms with Crippen LogP contribution in [0.4, 0.5) is 10.5 Å². The molecule has 0 aliphatic carbocycles. The SMILES string of the molecule is COc1cc(/C=C2/SC(=O)N(c3cccc(Cl)c3)C2=O)cc(I)c1O. The van der Waals surface area contributed by atoms with Crippen LogP contribution in [0.15, 0.2) is 41.3 Å². The Balaban J connectivity index is 1.97. The molecule has 0 atom stereocenters. The predicted molar refractivity (Wildman–Crippen MR) is 107 cm³/mol. The van der Waals surface area contributed by atoms with Crippen molar-refractivity contribution in [3.63, 3.8) is 0 Å². The largest absolute Gasteiger partial charge is 0.504 e. The third-order valence-corrected chi connectivity index (χ3v) is 5.36. The van der Waals surface area contributed by atoms with Gasteiger partial charge in [0, 0.05) is 5.02 Å². The predicted octanol–water partition coefficient (Wildman–Crippen LogP) is 4.90. The zero-order valence-corrected chi connectivity index (χ0v) is 16.6. The Bertz CT molecular complexity index is 916. The fourth-order valence-electron chi connectivity index (χ4n) is 2.29. The number of benzene rings is 2. The van der Waals surface area contributed by atoms with E-state index in [-0.39, 0.29) is 15.9 Å². The fraction of sp³-hybridized carbons (Fsp3) is 0.0588. The van der Waals surface area contributed by atoms with Crippen molar-refractivity contribution >= 4 is 68.9 Å². The van der Waals surface area contributed by atoms with E-state index in [0.717, 1.165) is 16.7 Å². The van der Waals surface area contributed by atoms with Crippen molar-refractivity contribution in [3.8, 4) is 11.5 Å². The van der Waals surface area contributed by atoms with E-state index in [1.807, 2.05) is 22.6 Å². The molecule has 0 aromatic heterocycles. The number of hydrogen-bond donors (Lipinski definition) is 1. The monoisotopic (exact) mass is 487 g/mol. The quantitative estimate of drug-likeness (QED) is 0.493. The van der Waals surface area contributed by atoms with Crippen LogP contribution in [0, 0.1) is 3.57 Å². The second-order valence-electron chi connectivity index (χ2n) is 5.05. The summed E-state index contributed by atoms with van der Waals surface area (Å²) < 4.78 is 5.70. The number of thioether (sulfide) groups is 1. The summed E-state index contributed by atoms with van der Waals surface area (Å²) in [4.78, 5) is 26.3. The second kappa shape index (κ2) is 7.27. The highest BCUT2D eigenvalue weighted by molar-refractivity contribution is 14.1. The fourth-order valence-corrected chi connectivity index (χ4v) is 3.94. The molecule has 0 bridgehead atoms. The van der Waals surface area contributed by atoms with Crippen LogP contribution in [-0.2, 0) is 4.79 Å². The number of phenols is 1. The maximum Gasteiger partial charge on any atom is 0.298 e. The molecule has 0 spiro atoms. The molecule has 1 saturated heterocycles. The minimum atomic E-state index is -0.417. The number of methoxy groups -OCH3 is 1. The van der Waals surface area contributed by atoms with Crippen LogP contribution >= 0.6 is 46.0 Å². The molecule has 0 unspecified atom stereocenters. The van der Waals surface area contributed by atoms with Crippen LogP contribution < -0.4 is 9.64 Å². The molecule has 25 heavy (non-hydrogen) atoms. The van der Waals surface area contributed by atoms with Gasteiger partial charge in [-0.1, -0.05) is 17.7 Å². The highest BCUT2D eigenvalue weighted by atomic mass is 127. The van der Waals surface area contributed by atoms with Crippen LogP contribution in [0.25, 0.3) is 6.08 Å². The standard InChI is InChI=1S/C17H11ClINO4S/c1-24-13-6-9(5-12(19)15(13)21)7-14-16(22)20(17(23)25-14)11-4-2-3-10(18)8-11/h2-8,21H,1H3/b14-7+. The van der Waals surface area contributed by atoms with Crippen molar-refractivity contribution in [2.75, 3.05) is 12.0 Å². The molecule has 128 valence electrons. The topological polar surface area (TPSA) is 66.8 Å². The highest BCUT2D eigenvalue weighted by Crippen LogP contribution is 2.38. The maximum atomic E-state index is 12.6. The zero-order valence-electron chi connectivity index (χ0n) is 12.8. The number of phenolic OH excluding ortho intramolecular Hbond substituents is 1. The van der Waals surface area contributed by atoms with Crippen molar-refractivity contribution in [3.05, 3.63) is 55.5 Å². The average Bonchev–Trinajstić information content (AvgIpc) is 2.84. The van der Waals surface area contributed by atoms with E-state index >= 15 is 0 Å². The molecule has 1 aliphatic rings. The van der Waals surface area contributed by atoms with Gasteiger partial charge in [-0.2, -0.15) is 0 Å². The van der Waals surface area contributed by atoms with Gasteiger partial charge in [0.1, 0.15) is 0 Å². The molecular formula is C17H11ClINO4S. The van der Waals surface area contributed by atoms with E-state index in [2.05, 4.69) is 0 Å². The molecule has 0 saturated carbocycles. The first-order valence-corrected chi connectivity index (χ1v) is 9.28. The lowest BCUT2D eigenvalue weighted by Gasteiger charge is -2.12. The van der Waals surface area contributed by atoms with Crippen molar-refractivity contribution in [1.29, 1.82) is 0 Å². The van der Waals surface area contributed by atoms with E-state index < -0.39 is 5.91 Å². The molecule has 1 fully saturated rings. The van der Waals surface area contributed by atoms with Gasteiger partial charge in [0.15, 0.2) is 11.5 Å². The van der Waals surface area contributed by atoms with Crippen LogP contribution in [0.2, 0.25) is 5.02 Å². The average molecular weight is 488 g/mol. The molecule has 0 radical (unpaired) electrons. The molecule has 1 N–H and O–H groups in total. The number of nitrogens with zero attached hydrogens (tertiary/aromatic N) is 1. The molecule has 1 aliphatic heterocycles. The number of aromatic hydroxyl groups is 1. The molecular weight excluding hydrogens is 477 g/mol. The number of hydrogen-bond acceptors (Lipinski definition) is 5. The molecule has 8 heteroatoms. The lowest BCUT2D eigenvalue weighted by atomic mass is 10.2. The normalized spacial score (nSPS) is 16.0. The number of carbonyl (C=O) groups excluding carboxylic acids is 2. The first kappa shape index (κ1) is 18.1. The number of ether oxygens (including phenoxy) is 1. The lowest BCUT2D eigenvalue weighted by molar-refractivity contribution is -0.113. The summed E-state index contributed by atoms with van der Waals surface area (Å²) in [5, 5.41) is 9.95. The minimum Gasteiger partial charge on any atom is -0.504 e. The van der Waals surface area contributed by atoms with Crippen LogP contribution in [0.5, 0.6) is 11.5 Å². The van der Waals surface area contributed by atoms with E-state index in [4.69, 9.17) is 16.3 Å². The summed E-state index contributed by atoms with van der Waals surface area (Å²) in [6.45, 7) is 0. The summed E-state index contributed by atoms with van der Waals surface area (Å²) >= 11 is 8.76. The summed E-state index contributed by atoms with van der Waals surface area (Å²) in [7, 11) is 1.45. The van der Waals surface area contributed by atoms with Crippen molar-refractivity contribution in [2.24, 2.45) is 0 Å². The summed E-state index contributed by atoms with van der Waals surface area (Å²) in [5.74, 6) is -0.0844. The number of carbonyl (C=O) groups is 2. The third-order valence-electron chi connectivity index (χ3n) is 3.43. The molecule has 2 amide bonds. The van der Waals surface area contributed by atoms with Crippen LogP contribution in [-0.4, -0.2) is 23.4 Å². The number of rotatable bonds is 3. The van der Waals surface area contributed by atoms with E-state index in [1.54, 1.807) is 42.5 Å². The third kappa shape index (κ3) is 3.63. The minimum absolute atomic E-state index is 0.0345. The first-order valence-electron chi connectivity index (χ1n) is 7.00. The number of imide groups is 1. The summed E-state index contributed by atoms with van der Waals surface area (Å²) in [5.41, 5.74) is 1.08. The smallest absolute Gasteiger partial charge is 0.298 e. The highest BCUT2D eigenvalue weighted by Gasteiger charge is 2.36. The van der Waals surface area contributed by atoms with Gasteiger partial charge in [-0.15, -0.1) is 0 Å². The van der Waals surface area contributed by atoms with Crippen molar-refractivity contribution < 1.29 is 19.4 Å². The van der Waals surface area contributed by atoms with Crippen molar-refractivity contribution in [1.82, 2.24) is 0 Å². The Labute approximate surface area is 166 Å². The summed E-state index contributed by atoms with van der Waals surface area (Å²) in [6.07, 6.45) is 1.60. The molecule has 2 aromatic rings.